The fourth-order valence-electron chi connectivity index (χ4n) is 1.23. The van der Waals surface area contributed by atoms with Crippen molar-refractivity contribution in [1.29, 1.82) is 0 Å². The van der Waals surface area contributed by atoms with Crippen LogP contribution in [0.15, 0.2) is 24.3 Å². The fraction of sp³-hybridized carbons (Fsp3) is 0.300. The molecule has 0 bridgehead atoms. The zero-order valence-corrected chi connectivity index (χ0v) is 9.27. The first-order valence-corrected chi connectivity index (χ1v) is 4.54. The highest BCUT2D eigenvalue weighted by Crippen LogP contribution is 2.13. The van der Waals surface area contributed by atoms with Gasteiger partial charge in [0.2, 0.25) is 0 Å². The van der Waals surface area contributed by atoms with Gasteiger partial charge in [0.1, 0.15) is 0 Å². The van der Waals surface area contributed by atoms with Gasteiger partial charge in [-0.15, -0.1) is 12.4 Å². The van der Waals surface area contributed by atoms with Crippen LogP contribution in [-0.2, 0) is 11.2 Å². The van der Waals surface area contributed by atoms with Gasteiger partial charge >= 0.3 is 5.97 Å². The van der Waals surface area contributed by atoms with E-state index in [-0.39, 0.29) is 24.5 Å². The van der Waals surface area contributed by atoms with E-state index < -0.39 is 10.9 Å². The standard InChI is InChI=1S/C10H11NO4.ClH/c12-10(13)3-1-2-8-4-6-9(7-5-8)11(14)15;/h4-7H,1-3H2,(H,12,13);1H. The summed E-state index contributed by atoms with van der Waals surface area (Å²) >= 11 is 0. The summed E-state index contributed by atoms with van der Waals surface area (Å²) in [5.74, 6) is -0.822. The van der Waals surface area contributed by atoms with Crippen molar-refractivity contribution in [3.63, 3.8) is 0 Å². The molecular formula is C10H12ClNO4. The molecule has 0 fully saturated rings. The number of carbonyl (C=O) groups is 1. The molecule has 5 nitrogen and oxygen atoms in total. The highest BCUT2D eigenvalue weighted by atomic mass is 35.5. The predicted octanol–water partition coefficient (Wildman–Crippen LogP) is 2.42. The van der Waals surface area contributed by atoms with Gasteiger partial charge in [-0.1, -0.05) is 12.1 Å². The SMILES string of the molecule is Cl.O=C(O)CCCc1ccc([N+](=O)[O-])cc1. The minimum atomic E-state index is -0.822. The molecule has 0 aliphatic rings. The van der Waals surface area contributed by atoms with Gasteiger partial charge in [-0.25, -0.2) is 0 Å². The number of aryl methyl sites for hydroxylation is 1. The largest absolute Gasteiger partial charge is 0.481 e. The van der Waals surface area contributed by atoms with Gasteiger partial charge in [-0.05, 0) is 18.4 Å². The number of nitro groups is 1. The number of carboxylic acid groups (broad SMARTS) is 1. The van der Waals surface area contributed by atoms with Gasteiger partial charge in [-0.3, -0.25) is 14.9 Å². The smallest absolute Gasteiger partial charge is 0.303 e. The van der Waals surface area contributed by atoms with Crippen LogP contribution in [0.2, 0.25) is 0 Å². The maximum Gasteiger partial charge on any atom is 0.303 e. The fourth-order valence-corrected chi connectivity index (χ4v) is 1.23. The summed E-state index contributed by atoms with van der Waals surface area (Å²) in [6.45, 7) is 0. The number of rotatable bonds is 5. The molecule has 0 radical (unpaired) electrons. The van der Waals surface area contributed by atoms with E-state index in [1.165, 1.54) is 12.1 Å². The van der Waals surface area contributed by atoms with Crippen molar-refractivity contribution in [2.24, 2.45) is 0 Å². The van der Waals surface area contributed by atoms with Crippen molar-refractivity contribution in [1.82, 2.24) is 0 Å². The lowest BCUT2D eigenvalue weighted by atomic mass is 10.1. The second kappa shape index (κ2) is 6.79. The van der Waals surface area contributed by atoms with Crippen molar-refractivity contribution in [2.45, 2.75) is 19.3 Å². The van der Waals surface area contributed by atoms with Crippen LogP contribution in [0.4, 0.5) is 5.69 Å². The van der Waals surface area contributed by atoms with E-state index in [4.69, 9.17) is 5.11 Å². The van der Waals surface area contributed by atoms with E-state index in [1.54, 1.807) is 12.1 Å². The van der Waals surface area contributed by atoms with Crippen LogP contribution in [0.5, 0.6) is 0 Å². The molecule has 0 spiro atoms. The lowest BCUT2D eigenvalue weighted by molar-refractivity contribution is -0.384. The van der Waals surface area contributed by atoms with Gasteiger partial charge in [0.15, 0.2) is 0 Å². The zero-order valence-electron chi connectivity index (χ0n) is 8.46. The number of carboxylic acids is 1. The lowest BCUT2D eigenvalue weighted by Gasteiger charge is -1.98. The maximum absolute atomic E-state index is 10.3. The average Bonchev–Trinajstić information content (AvgIpc) is 2.18. The topological polar surface area (TPSA) is 80.4 Å². The molecule has 16 heavy (non-hydrogen) atoms. The van der Waals surface area contributed by atoms with E-state index in [1.807, 2.05) is 0 Å². The Morgan fingerprint density at radius 2 is 1.88 bits per heavy atom. The molecule has 0 heterocycles. The lowest BCUT2D eigenvalue weighted by Crippen LogP contribution is -1.96. The monoisotopic (exact) mass is 245 g/mol. The molecule has 0 aliphatic carbocycles. The van der Waals surface area contributed by atoms with Crippen LogP contribution in [0.3, 0.4) is 0 Å². The first-order valence-electron chi connectivity index (χ1n) is 4.54. The summed E-state index contributed by atoms with van der Waals surface area (Å²) in [5.41, 5.74) is 0.971. The number of aliphatic carboxylic acids is 1. The Kier molecular flexibility index (Phi) is 6.10. The Morgan fingerprint density at radius 3 is 2.31 bits per heavy atom. The number of halogens is 1. The van der Waals surface area contributed by atoms with E-state index in [0.29, 0.717) is 12.8 Å². The van der Waals surface area contributed by atoms with E-state index in [9.17, 15) is 14.9 Å². The Bertz CT molecular complexity index is 364. The van der Waals surface area contributed by atoms with E-state index >= 15 is 0 Å². The van der Waals surface area contributed by atoms with Crippen LogP contribution < -0.4 is 0 Å². The number of non-ortho nitro benzene ring substituents is 1. The number of nitrogens with zero attached hydrogens (tertiary/aromatic N) is 1. The Hall–Kier alpha value is -1.62. The van der Waals surface area contributed by atoms with Crippen LogP contribution in [0.1, 0.15) is 18.4 Å². The molecule has 0 aliphatic heterocycles. The second-order valence-electron chi connectivity index (χ2n) is 3.17. The van der Waals surface area contributed by atoms with Crippen molar-refractivity contribution in [3.8, 4) is 0 Å². The molecule has 0 aromatic heterocycles. The van der Waals surface area contributed by atoms with Gasteiger partial charge in [0.25, 0.3) is 5.69 Å². The molecule has 1 N–H and O–H groups in total. The molecule has 0 amide bonds. The quantitative estimate of drug-likeness (QED) is 0.638. The van der Waals surface area contributed by atoms with Crippen LogP contribution in [-0.4, -0.2) is 16.0 Å². The number of benzene rings is 1. The molecule has 1 aromatic rings. The predicted molar refractivity (Wildman–Crippen MR) is 60.9 cm³/mol. The Balaban J connectivity index is 0.00000225. The van der Waals surface area contributed by atoms with Gasteiger partial charge < -0.3 is 5.11 Å². The molecule has 0 atom stereocenters. The average molecular weight is 246 g/mol. The maximum atomic E-state index is 10.3. The van der Waals surface area contributed by atoms with Crippen LogP contribution >= 0.6 is 12.4 Å². The van der Waals surface area contributed by atoms with Crippen molar-refractivity contribution < 1.29 is 14.8 Å². The third-order valence-corrected chi connectivity index (χ3v) is 2.00. The number of nitro benzene ring substituents is 1. The molecule has 0 unspecified atom stereocenters. The Morgan fingerprint density at radius 1 is 1.31 bits per heavy atom. The van der Waals surface area contributed by atoms with Crippen LogP contribution in [0, 0.1) is 10.1 Å². The minimum absolute atomic E-state index is 0. The summed E-state index contributed by atoms with van der Waals surface area (Å²) in [5, 5.41) is 18.8. The van der Waals surface area contributed by atoms with E-state index in [0.717, 1.165) is 5.56 Å². The summed E-state index contributed by atoms with van der Waals surface area (Å²) in [6, 6.07) is 6.16. The summed E-state index contributed by atoms with van der Waals surface area (Å²) in [4.78, 5) is 20.1. The van der Waals surface area contributed by atoms with Crippen molar-refractivity contribution in [3.05, 3.63) is 39.9 Å². The van der Waals surface area contributed by atoms with Gasteiger partial charge in [-0.2, -0.15) is 0 Å². The summed E-state index contributed by atoms with van der Waals surface area (Å²) in [7, 11) is 0. The number of hydrogen-bond donors (Lipinski definition) is 1. The molecule has 0 saturated heterocycles. The third-order valence-electron chi connectivity index (χ3n) is 2.00. The molecule has 6 heteroatoms. The highest BCUT2D eigenvalue weighted by molar-refractivity contribution is 5.85. The molecule has 1 rings (SSSR count). The van der Waals surface area contributed by atoms with Crippen molar-refractivity contribution >= 4 is 24.1 Å². The third kappa shape index (κ3) is 4.75. The molecule has 88 valence electrons. The van der Waals surface area contributed by atoms with Gasteiger partial charge in [0, 0.05) is 18.6 Å². The zero-order chi connectivity index (χ0) is 11.3. The number of hydrogen-bond acceptors (Lipinski definition) is 3. The van der Waals surface area contributed by atoms with E-state index in [2.05, 4.69) is 0 Å². The Labute approximate surface area is 98.7 Å². The molecular weight excluding hydrogens is 234 g/mol. The first-order chi connectivity index (χ1) is 7.09. The summed E-state index contributed by atoms with van der Waals surface area (Å²) < 4.78 is 0. The summed E-state index contributed by atoms with van der Waals surface area (Å²) in [6.07, 6.45) is 1.30. The van der Waals surface area contributed by atoms with Gasteiger partial charge in [0.05, 0.1) is 4.92 Å². The molecule has 1 aromatic carbocycles. The first kappa shape index (κ1) is 14.4. The van der Waals surface area contributed by atoms with Crippen molar-refractivity contribution in [2.75, 3.05) is 0 Å². The highest BCUT2D eigenvalue weighted by Gasteiger charge is 2.04. The molecule has 0 saturated carbocycles. The second-order valence-corrected chi connectivity index (χ2v) is 3.17. The normalized spacial score (nSPS) is 9.25. The minimum Gasteiger partial charge on any atom is -0.481 e. The van der Waals surface area contributed by atoms with Crippen LogP contribution in [0.25, 0.3) is 0 Å².